The maximum atomic E-state index is 13.2. The number of hydrogen-bond acceptors (Lipinski definition) is 8. The van der Waals surface area contributed by atoms with Crippen molar-refractivity contribution in [2.45, 2.75) is 62.6 Å². The molecule has 3 atom stereocenters. The summed E-state index contributed by atoms with van der Waals surface area (Å²) in [6.45, 7) is -0.0956. The summed E-state index contributed by atoms with van der Waals surface area (Å²) in [5.74, 6) is -7.23. The minimum absolute atomic E-state index is 0.0956. The fourth-order valence-corrected chi connectivity index (χ4v) is 4.95. The van der Waals surface area contributed by atoms with Crippen LogP contribution in [0.2, 0.25) is 0 Å². The van der Waals surface area contributed by atoms with Crippen molar-refractivity contribution in [3.63, 3.8) is 0 Å². The molecule has 1 aliphatic carbocycles. The van der Waals surface area contributed by atoms with E-state index in [0.29, 0.717) is 0 Å². The van der Waals surface area contributed by atoms with Crippen molar-refractivity contribution < 1.29 is 53.6 Å². The van der Waals surface area contributed by atoms with Crippen molar-refractivity contribution >= 4 is 41.7 Å². The Morgan fingerprint density at radius 3 is 1.49 bits per heavy atom. The van der Waals surface area contributed by atoms with Crippen LogP contribution in [-0.4, -0.2) is 81.8 Å². The number of primary amides is 1. The lowest BCUT2D eigenvalue weighted by atomic mass is 9.98. The van der Waals surface area contributed by atoms with Gasteiger partial charge in [-0.05, 0) is 41.5 Å². The second-order valence-electron chi connectivity index (χ2n) is 10.3. The van der Waals surface area contributed by atoms with E-state index in [4.69, 9.17) is 20.7 Å². The first-order valence-electron chi connectivity index (χ1n) is 14.0. The quantitative estimate of drug-likeness (QED) is 0.130. The number of fused-ring (bicyclic) bond motifs is 3. The van der Waals surface area contributed by atoms with Gasteiger partial charge in [-0.15, -0.1) is 0 Å². The molecule has 0 fully saturated rings. The molecule has 45 heavy (non-hydrogen) atoms. The number of alkyl carbamates (subject to hydrolysis) is 1. The number of nitrogens with two attached hydrogens (primary N) is 1. The highest BCUT2D eigenvalue weighted by atomic mass is 16.5. The molecule has 8 N–H and O–H groups in total. The minimum Gasteiger partial charge on any atom is -0.481 e. The molecule has 0 aliphatic heterocycles. The molecule has 3 rings (SSSR count). The molecule has 2 aromatic carbocycles. The Kier molecular flexibility index (Phi) is 12.0. The van der Waals surface area contributed by atoms with Gasteiger partial charge in [-0.3, -0.25) is 28.8 Å². The number of carboxylic acids is 3. The normalized spacial score (nSPS) is 13.7. The largest absolute Gasteiger partial charge is 0.481 e. The molecule has 15 heteroatoms. The predicted octanol–water partition coefficient (Wildman–Crippen LogP) is 0.943. The molecule has 0 radical (unpaired) electrons. The molecule has 1 aliphatic rings. The highest BCUT2D eigenvalue weighted by molar-refractivity contribution is 5.94. The lowest BCUT2D eigenvalue weighted by molar-refractivity contribution is -0.139. The van der Waals surface area contributed by atoms with E-state index in [1.165, 1.54) is 0 Å². The maximum Gasteiger partial charge on any atom is 0.407 e. The van der Waals surface area contributed by atoms with Gasteiger partial charge in [-0.1, -0.05) is 48.5 Å². The molecule has 2 aromatic rings. The van der Waals surface area contributed by atoms with Crippen molar-refractivity contribution in [3.05, 3.63) is 59.7 Å². The van der Waals surface area contributed by atoms with Gasteiger partial charge in [-0.2, -0.15) is 0 Å². The molecule has 0 spiro atoms. The van der Waals surface area contributed by atoms with E-state index in [2.05, 4.69) is 16.0 Å². The summed E-state index contributed by atoms with van der Waals surface area (Å²) in [4.78, 5) is 84.1. The number of carbonyl (C=O) groups is 7. The van der Waals surface area contributed by atoms with Crippen LogP contribution in [-0.2, 0) is 33.5 Å². The highest BCUT2D eigenvalue weighted by Gasteiger charge is 2.32. The fourth-order valence-electron chi connectivity index (χ4n) is 4.95. The van der Waals surface area contributed by atoms with E-state index in [1.807, 2.05) is 48.5 Å². The molecule has 0 saturated heterocycles. The zero-order valence-electron chi connectivity index (χ0n) is 24.1. The van der Waals surface area contributed by atoms with Crippen LogP contribution in [0.15, 0.2) is 48.5 Å². The third-order valence-electron chi connectivity index (χ3n) is 7.19. The highest BCUT2D eigenvalue weighted by Crippen LogP contribution is 2.44. The fraction of sp³-hybridized carbons (Fsp3) is 0.367. The van der Waals surface area contributed by atoms with Crippen LogP contribution in [0.4, 0.5) is 4.79 Å². The standard InChI is InChI=1S/C30H34N4O11/c31-27(41)21(9-12-24(35)36)32-28(42)22(10-13-25(37)38)33-29(43)23(11-14-26(39)40)34-30(44)45-15-20-18-7-3-1-5-16(18)17-6-2-4-8-19(17)20/h1-8,20-23H,9-15H2,(H2,31,41)(H,32,42)(H,33,43)(H,34,44)(H,35,36)(H,37,38)(H,39,40)/t21-,22-,23-/m0/s1. The number of ether oxygens (including phenoxy) is 1. The Hall–Kier alpha value is -5.47. The molecule has 0 heterocycles. The van der Waals surface area contributed by atoms with Crippen LogP contribution in [0.25, 0.3) is 11.1 Å². The number of hydrogen-bond donors (Lipinski definition) is 7. The third-order valence-corrected chi connectivity index (χ3v) is 7.19. The molecule has 0 aromatic heterocycles. The van der Waals surface area contributed by atoms with Gasteiger partial charge in [0.2, 0.25) is 17.7 Å². The number of amides is 4. The van der Waals surface area contributed by atoms with E-state index >= 15 is 0 Å². The van der Waals surface area contributed by atoms with Gasteiger partial charge in [0.1, 0.15) is 24.7 Å². The van der Waals surface area contributed by atoms with Gasteiger partial charge in [0.05, 0.1) is 0 Å². The van der Waals surface area contributed by atoms with E-state index in [0.717, 1.165) is 22.3 Å². The number of benzene rings is 2. The Morgan fingerprint density at radius 1 is 0.644 bits per heavy atom. The second kappa shape index (κ2) is 15.8. The first kappa shape index (κ1) is 34.0. The zero-order valence-corrected chi connectivity index (χ0v) is 24.1. The van der Waals surface area contributed by atoms with Gasteiger partial charge >= 0.3 is 24.0 Å². The lowest BCUT2D eigenvalue weighted by Crippen LogP contribution is -2.56. The van der Waals surface area contributed by atoms with Crippen molar-refractivity contribution in [1.29, 1.82) is 0 Å². The van der Waals surface area contributed by atoms with Crippen molar-refractivity contribution in [1.82, 2.24) is 16.0 Å². The monoisotopic (exact) mass is 626 g/mol. The van der Waals surface area contributed by atoms with E-state index in [-0.39, 0.29) is 18.9 Å². The van der Waals surface area contributed by atoms with Crippen molar-refractivity contribution in [2.24, 2.45) is 5.73 Å². The Balaban J connectivity index is 1.71. The van der Waals surface area contributed by atoms with Crippen molar-refractivity contribution in [2.75, 3.05) is 6.61 Å². The van der Waals surface area contributed by atoms with Gasteiger partial charge in [0.25, 0.3) is 0 Å². The van der Waals surface area contributed by atoms with Crippen LogP contribution in [0, 0.1) is 0 Å². The summed E-state index contributed by atoms with van der Waals surface area (Å²) < 4.78 is 5.45. The van der Waals surface area contributed by atoms with Crippen LogP contribution >= 0.6 is 0 Å². The van der Waals surface area contributed by atoms with Gasteiger partial charge in [0, 0.05) is 25.2 Å². The second-order valence-corrected chi connectivity index (χ2v) is 10.3. The maximum absolute atomic E-state index is 13.2. The smallest absolute Gasteiger partial charge is 0.407 e. The van der Waals surface area contributed by atoms with E-state index in [9.17, 15) is 38.7 Å². The average molecular weight is 627 g/mol. The average Bonchev–Trinajstić information content (AvgIpc) is 3.31. The van der Waals surface area contributed by atoms with E-state index < -0.39 is 92.0 Å². The Bertz CT molecular complexity index is 1420. The minimum atomic E-state index is -1.56. The van der Waals surface area contributed by atoms with Crippen LogP contribution < -0.4 is 21.7 Å². The summed E-state index contributed by atoms with van der Waals surface area (Å²) in [6.07, 6.45) is -3.89. The van der Waals surface area contributed by atoms with Crippen LogP contribution in [0.3, 0.4) is 0 Å². The Labute approximate surface area is 257 Å². The summed E-state index contributed by atoms with van der Waals surface area (Å²) >= 11 is 0. The third kappa shape index (κ3) is 9.77. The molecule has 0 bridgehead atoms. The van der Waals surface area contributed by atoms with E-state index in [1.54, 1.807) is 0 Å². The Morgan fingerprint density at radius 2 is 1.04 bits per heavy atom. The number of aliphatic carboxylic acids is 3. The van der Waals surface area contributed by atoms with Crippen LogP contribution in [0.5, 0.6) is 0 Å². The molecular formula is C30H34N4O11. The molecule has 15 nitrogen and oxygen atoms in total. The topological polar surface area (TPSA) is 252 Å². The molecule has 0 saturated carbocycles. The van der Waals surface area contributed by atoms with Crippen molar-refractivity contribution in [3.8, 4) is 11.1 Å². The molecule has 240 valence electrons. The number of carbonyl (C=O) groups excluding carboxylic acids is 4. The summed E-state index contributed by atoms with van der Waals surface area (Å²) in [6, 6.07) is 10.7. The SMILES string of the molecule is NC(=O)[C@H](CCC(=O)O)NC(=O)[C@H](CCC(=O)O)NC(=O)[C@H](CCC(=O)O)NC(=O)OCC1c2ccccc2-c2ccccc21. The summed E-state index contributed by atoms with van der Waals surface area (Å²) in [5, 5.41) is 34.0. The summed E-state index contributed by atoms with van der Waals surface area (Å²) in [5.41, 5.74) is 9.12. The number of carboxylic acid groups (broad SMARTS) is 3. The van der Waals surface area contributed by atoms with Gasteiger partial charge < -0.3 is 41.7 Å². The lowest BCUT2D eigenvalue weighted by Gasteiger charge is -2.24. The predicted molar refractivity (Wildman–Crippen MR) is 156 cm³/mol. The number of rotatable bonds is 17. The van der Waals surface area contributed by atoms with Gasteiger partial charge in [0.15, 0.2) is 0 Å². The zero-order chi connectivity index (χ0) is 33.1. The first-order chi connectivity index (χ1) is 21.4. The number of nitrogens with one attached hydrogen (secondary N) is 3. The van der Waals surface area contributed by atoms with Gasteiger partial charge in [-0.25, -0.2) is 4.79 Å². The van der Waals surface area contributed by atoms with Crippen LogP contribution in [0.1, 0.15) is 55.6 Å². The summed E-state index contributed by atoms with van der Waals surface area (Å²) in [7, 11) is 0. The molecule has 0 unspecified atom stereocenters. The molecular weight excluding hydrogens is 592 g/mol. The first-order valence-corrected chi connectivity index (χ1v) is 14.0. The molecule has 4 amide bonds.